The summed E-state index contributed by atoms with van der Waals surface area (Å²) >= 11 is 0. The van der Waals surface area contributed by atoms with Crippen LogP contribution in [0.2, 0.25) is 0 Å². The fourth-order valence-corrected chi connectivity index (χ4v) is 3.46. The van der Waals surface area contributed by atoms with Crippen LogP contribution in [0.15, 0.2) is 18.3 Å². The van der Waals surface area contributed by atoms with Crippen molar-refractivity contribution >= 4 is 5.84 Å². The van der Waals surface area contributed by atoms with Crippen LogP contribution < -0.4 is 10.5 Å². The summed E-state index contributed by atoms with van der Waals surface area (Å²) in [4.78, 5) is 6.69. The normalized spacial score (nSPS) is 27.7. The molecule has 5 heteroatoms. The van der Waals surface area contributed by atoms with Crippen LogP contribution in [0.5, 0.6) is 5.75 Å². The van der Waals surface area contributed by atoms with E-state index in [1.807, 2.05) is 6.07 Å². The first kappa shape index (κ1) is 12.1. The van der Waals surface area contributed by atoms with Gasteiger partial charge in [0.1, 0.15) is 17.3 Å². The molecule has 5 nitrogen and oxygen atoms in total. The Morgan fingerprint density at radius 1 is 1.40 bits per heavy atom. The van der Waals surface area contributed by atoms with Crippen LogP contribution in [-0.4, -0.2) is 34.5 Å². The van der Waals surface area contributed by atoms with Gasteiger partial charge in [-0.15, -0.1) is 0 Å². The Hall–Kier alpha value is -1.62. The molecule has 3 aliphatic rings. The van der Waals surface area contributed by atoms with Gasteiger partial charge in [-0.1, -0.05) is 6.42 Å². The number of nitrogens with zero attached hydrogens (tertiary/aromatic N) is 2. The van der Waals surface area contributed by atoms with E-state index in [0.29, 0.717) is 11.1 Å². The smallest absolute Gasteiger partial charge is 0.159 e. The highest BCUT2D eigenvalue weighted by Gasteiger charge is 2.60. The number of ether oxygens (including phenoxy) is 1. The third-order valence-electron chi connectivity index (χ3n) is 4.95. The van der Waals surface area contributed by atoms with Gasteiger partial charge in [0, 0.05) is 18.0 Å². The van der Waals surface area contributed by atoms with Gasteiger partial charge in [0.25, 0.3) is 0 Å². The zero-order valence-electron chi connectivity index (χ0n) is 11.5. The summed E-state index contributed by atoms with van der Waals surface area (Å²) in [6, 6.07) is 4.38. The Balaban J connectivity index is 1.49. The lowest BCUT2D eigenvalue weighted by atomic mass is 9.61. The minimum Gasteiger partial charge on any atom is -0.473 e. The summed E-state index contributed by atoms with van der Waals surface area (Å²) in [6.45, 7) is 1.21. The Kier molecular flexibility index (Phi) is 2.54. The van der Waals surface area contributed by atoms with E-state index < -0.39 is 0 Å². The molecule has 1 spiro atoms. The van der Waals surface area contributed by atoms with E-state index in [4.69, 9.17) is 15.9 Å². The van der Waals surface area contributed by atoms with Gasteiger partial charge in [-0.25, -0.2) is 4.98 Å². The second kappa shape index (κ2) is 4.19. The number of aromatic nitrogens is 1. The second-order valence-electron chi connectivity index (χ2n) is 6.38. The lowest BCUT2D eigenvalue weighted by Crippen LogP contribution is -2.70. The van der Waals surface area contributed by atoms with E-state index in [1.165, 1.54) is 38.6 Å². The minimum absolute atomic E-state index is 0.00438. The lowest BCUT2D eigenvalue weighted by molar-refractivity contribution is -0.217. The number of nitrogens with one attached hydrogen (secondary N) is 1. The zero-order valence-corrected chi connectivity index (χ0v) is 11.5. The molecule has 0 amide bonds. The molecular weight excluding hydrogens is 252 g/mol. The van der Waals surface area contributed by atoms with Gasteiger partial charge in [-0.3, -0.25) is 10.3 Å². The maximum absolute atomic E-state index is 7.36. The van der Waals surface area contributed by atoms with Crippen molar-refractivity contribution in [2.75, 3.05) is 6.54 Å². The van der Waals surface area contributed by atoms with Gasteiger partial charge in [0.15, 0.2) is 6.23 Å². The van der Waals surface area contributed by atoms with Crippen LogP contribution in [0, 0.1) is 10.8 Å². The molecule has 2 heterocycles. The summed E-state index contributed by atoms with van der Waals surface area (Å²) in [6.07, 6.45) is 8.47. The van der Waals surface area contributed by atoms with Crippen LogP contribution in [0.1, 0.15) is 37.8 Å². The van der Waals surface area contributed by atoms with Gasteiger partial charge in [-0.2, -0.15) is 0 Å². The van der Waals surface area contributed by atoms with Crippen molar-refractivity contribution in [1.29, 1.82) is 5.41 Å². The summed E-state index contributed by atoms with van der Waals surface area (Å²) in [5.74, 6) is 0.784. The Morgan fingerprint density at radius 3 is 2.70 bits per heavy atom. The molecule has 0 aromatic carbocycles. The molecule has 2 aliphatic carbocycles. The van der Waals surface area contributed by atoms with Gasteiger partial charge < -0.3 is 10.5 Å². The van der Waals surface area contributed by atoms with Gasteiger partial charge in [-0.05, 0) is 37.8 Å². The fraction of sp³-hybridized carbons (Fsp3) is 0.600. The molecule has 20 heavy (non-hydrogen) atoms. The van der Waals surface area contributed by atoms with Crippen LogP contribution in [0.4, 0.5) is 0 Å². The van der Waals surface area contributed by atoms with Crippen molar-refractivity contribution in [1.82, 2.24) is 9.88 Å². The topological polar surface area (TPSA) is 75.2 Å². The second-order valence-corrected chi connectivity index (χ2v) is 6.38. The summed E-state index contributed by atoms with van der Waals surface area (Å²) < 4.78 is 6.21. The van der Waals surface area contributed by atoms with E-state index in [9.17, 15) is 0 Å². The number of hydrogen-bond acceptors (Lipinski definition) is 4. The third kappa shape index (κ3) is 1.80. The van der Waals surface area contributed by atoms with Crippen molar-refractivity contribution in [3.05, 3.63) is 24.0 Å². The average Bonchev–Trinajstić information content (AvgIpc) is 3.18. The molecule has 2 saturated carbocycles. The molecule has 0 bridgehead atoms. The first-order valence-electron chi connectivity index (χ1n) is 7.41. The molecule has 1 aromatic rings. The van der Waals surface area contributed by atoms with Crippen molar-refractivity contribution in [2.45, 2.75) is 44.4 Å². The van der Waals surface area contributed by atoms with Crippen molar-refractivity contribution in [3.63, 3.8) is 0 Å². The largest absolute Gasteiger partial charge is 0.473 e. The Morgan fingerprint density at radius 2 is 2.20 bits per heavy atom. The van der Waals surface area contributed by atoms with Gasteiger partial charge in [0.05, 0.1) is 6.20 Å². The first-order valence-corrected chi connectivity index (χ1v) is 7.41. The zero-order chi connectivity index (χ0) is 13.7. The quantitative estimate of drug-likeness (QED) is 0.646. The van der Waals surface area contributed by atoms with E-state index in [-0.39, 0.29) is 12.1 Å². The Labute approximate surface area is 118 Å². The van der Waals surface area contributed by atoms with E-state index in [1.54, 1.807) is 12.3 Å². The van der Waals surface area contributed by atoms with Crippen LogP contribution in [-0.2, 0) is 0 Å². The minimum atomic E-state index is -0.00438. The van der Waals surface area contributed by atoms with E-state index in [0.717, 1.165) is 11.8 Å². The average molecular weight is 272 g/mol. The van der Waals surface area contributed by atoms with Crippen LogP contribution >= 0.6 is 0 Å². The molecule has 1 atom stereocenters. The maximum Gasteiger partial charge on any atom is 0.159 e. The standard InChI is InChI=1S/C15H20N4O/c16-13(17)12-5-4-11(8-18-12)20-14-15(6-1-7-15)9-19(14)10-2-3-10/h4-5,8,10,14H,1-3,6-7,9H2,(H3,16,17). The highest BCUT2D eigenvalue weighted by atomic mass is 16.5. The predicted octanol–water partition coefficient (Wildman–Crippen LogP) is 1.72. The van der Waals surface area contributed by atoms with Crippen molar-refractivity contribution < 1.29 is 4.74 Å². The van der Waals surface area contributed by atoms with Crippen molar-refractivity contribution in [2.24, 2.45) is 11.1 Å². The molecule has 3 fully saturated rings. The van der Waals surface area contributed by atoms with Crippen molar-refractivity contribution in [3.8, 4) is 5.75 Å². The van der Waals surface area contributed by atoms with Crippen LogP contribution in [0.3, 0.4) is 0 Å². The summed E-state index contributed by atoms with van der Waals surface area (Å²) in [5.41, 5.74) is 6.33. The SMILES string of the molecule is N=C(N)c1ccc(OC2N(C3CC3)CC23CCC3)cn1. The molecule has 0 radical (unpaired) electrons. The molecule has 1 saturated heterocycles. The number of likely N-dealkylation sites (tertiary alicyclic amines) is 1. The molecule has 1 aliphatic heterocycles. The molecule has 4 rings (SSSR count). The number of rotatable bonds is 4. The monoisotopic (exact) mass is 272 g/mol. The number of pyridine rings is 1. The molecule has 1 unspecified atom stereocenters. The fourth-order valence-electron chi connectivity index (χ4n) is 3.46. The highest BCUT2D eigenvalue weighted by Crippen LogP contribution is 2.56. The molecule has 1 aromatic heterocycles. The van der Waals surface area contributed by atoms with Crippen LogP contribution in [0.25, 0.3) is 0 Å². The summed E-state index contributed by atoms with van der Waals surface area (Å²) in [7, 11) is 0. The van der Waals surface area contributed by atoms with E-state index in [2.05, 4.69) is 9.88 Å². The number of amidine groups is 1. The molecule has 3 N–H and O–H groups in total. The third-order valence-corrected chi connectivity index (χ3v) is 4.95. The van der Waals surface area contributed by atoms with E-state index >= 15 is 0 Å². The predicted molar refractivity (Wildman–Crippen MR) is 75.7 cm³/mol. The van der Waals surface area contributed by atoms with Gasteiger partial charge >= 0.3 is 0 Å². The first-order chi connectivity index (χ1) is 9.68. The summed E-state index contributed by atoms with van der Waals surface area (Å²) in [5, 5.41) is 7.36. The lowest BCUT2D eigenvalue weighted by Gasteiger charge is -2.61. The molecule has 106 valence electrons. The number of hydrogen-bond donors (Lipinski definition) is 2. The molecular formula is C15H20N4O. The number of nitrogen functional groups attached to an aromatic ring is 1. The number of nitrogens with two attached hydrogens (primary N) is 1. The maximum atomic E-state index is 7.36. The van der Waals surface area contributed by atoms with Gasteiger partial charge in [0.2, 0.25) is 0 Å². The highest BCUT2D eigenvalue weighted by molar-refractivity contribution is 5.92. The Bertz CT molecular complexity index is 533.